The Balaban J connectivity index is 2.25. The second-order valence-electron chi connectivity index (χ2n) is 3.67. The lowest BCUT2D eigenvalue weighted by molar-refractivity contribution is 0.111. The van der Waals surface area contributed by atoms with E-state index in [9.17, 15) is 4.79 Å². The van der Waals surface area contributed by atoms with Gasteiger partial charge in [-0.15, -0.1) is 0 Å². The molecule has 0 aliphatic carbocycles. The minimum absolute atomic E-state index is 0.0236. The van der Waals surface area contributed by atoms with E-state index in [0.717, 1.165) is 5.56 Å². The topological polar surface area (TPSA) is 35.5 Å². The van der Waals surface area contributed by atoms with Gasteiger partial charge >= 0.3 is 0 Å². The lowest BCUT2D eigenvalue weighted by atomic mass is 10.2. The van der Waals surface area contributed by atoms with E-state index in [-0.39, 0.29) is 23.7 Å². The lowest BCUT2D eigenvalue weighted by Gasteiger charge is -2.12. The summed E-state index contributed by atoms with van der Waals surface area (Å²) >= 11 is 0. The van der Waals surface area contributed by atoms with Gasteiger partial charge in [-0.3, -0.25) is 4.79 Å². The summed E-state index contributed by atoms with van der Waals surface area (Å²) in [6.07, 6.45) is 0.604. The standard InChI is InChI=1S/C15H14O3/c1-17-14-9-5-8-13(10-16)15(14)18-11-12-6-3-2-4-7-12/h2-10H,11H2,1H3/i1D3. The average molecular weight is 245 g/mol. The van der Waals surface area contributed by atoms with E-state index in [1.807, 2.05) is 30.3 Å². The van der Waals surface area contributed by atoms with E-state index in [4.69, 9.17) is 13.6 Å². The zero-order valence-electron chi connectivity index (χ0n) is 12.6. The molecule has 2 aromatic rings. The highest BCUT2D eigenvalue weighted by molar-refractivity contribution is 5.81. The van der Waals surface area contributed by atoms with Crippen molar-refractivity contribution in [1.82, 2.24) is 0 Å². The van der Waals surface area contributed by atoms with Crippen LogP contribution in [0.2, 0.25) is 0 Å². The maximum atomic E-state index is 11.1. The van der Waals surface area contributed by atoms with Gasteiger partial charge in [-0.05, 0) is 17.7 Å². The summed E-state index contributed by atoms with van der Waals surface area (Å²) < 4.78 is 31.9. The number of hydrogen-bond acceptors (Lipinski definition) is 3. The first-order valence-corrected chi connectivity index (χ1v) is 5.43. The maximum Gasteiger partial charge on any atom is 0.172 e. The zero-order valence-corrected chi connectivity index (χ0v) is 9.63. The molecule has 0 amide bonds. The van der Waals surface area contributed by atoms with Gasteiger partial charge in [0.05, 0.1) is 16.7 Å². The Morgan fingerprint density at radius 3 is 2.72 bits per heavy atom. The van der Waals surface area contributed by atoms with E-state index in [1.54, 1.807) is 12.1 Å². The summed E-state index contributed by atoms with van der Waals surface area (Å²) in [5.41, 5.74) is 1.14. The summed E-state index contributed by atoms with van der Waals surface area (Å²) in [6, 6.07) is 13.9. The zero-order chi connectivity index (χ0) is 15.3. The van der Waals surface area contributed by atoms with Crippen molar-refractivity contribution in [2.24, 2.45) is 0 Å². The molecule has 0 saturated heterocycles. The first kappa shape index (κ1) is 8.75. The molecule has 0 saturated carbocycles. The van der Waals surface area contributed by atoms with Gasteiger partial charge < -0.3 is 9.47 Å². The maximum absolute atomic E-state index is 11.1. The van der Waals surface area contributed by atoms with E-state index in [0.29, 0.717) is 6.29 Å². The molecule has 92 valence electrons. The molecule has 2 rings (SSSR count). The minimum atomic E-state index is -2.60. The SMILES string of the molecule is [2H]C([2H])([2H])Oc1cccc(C=O)c1OCc1ccccc1. The van der Waals surface area contributed by atoms with Gasteiger partial charge in [-0.2, -0.15) is 0 Å². The van der Waals surface area contributed by atoms with Gasteiger partial charge in [-0.25, -0.2) is 0 Å². The van der Waals surface area contributed by atoms with Crippen molar-refractivity contribution < 1.29 is 18.4 Å². The van der Waals surface area contributed by atoms with Crippen LogP contribution >= 0.6 is 0 Å². The molecule has 0 spiro atoms. The smallest absolute Gasteiger partial charge is 0.172 e. The molecule has 0 heterocycles. The normalized spacial score (nSPS) is 13.0. The Labute approximate surface area is 110 Å². The van der Waals surface area contributed by atoms with Crippen LogP contribution in [0.3, 0.4) is 0 Å². The number of para-hydroxylation sites is 1. The van der Waals surface area contributed by atoms with Gasteiger partial charge in [0, 0.05) is 0 Å². The summed E-state index contributed by atoms with van der Waals surface area (Å²) in [7, 11) is -2.60. The van der Waals surface area contributed by atoms with Crippen molar-refractivity contribution in [2.45, 2.75) is 6.61 Å². The molecule has 0 bridgehead atoms. The number of rotatable bonds is 5. The van der Waals surface area contributed by atoms with E-state index < -0.39 is 7.04 Å². The average Bonchev–Trinajstić information content (AvgIpc) is 2.45. The molecule has 0 radical (unpaired) electrons. The van der Waals surface area contributed by atoms with Crippen LogP contribution in [0.5, 0.6) is 11.5 Å². The van der Waals surface area contributed by atoms with Crippen molar-refractivity contribution in [1.29, 1.82) is 0 Å². The van der Waals surface area contributed by atoms with Crippen LogP contribution in [0, 0.1) is 0 Å². The number of ether oxygens (including phenoxy) is 2. The number of hydrogen-bond donors (Lipinski definition) is 0. The van der Waals surface area contributed by atoms with Crippen molar-refractivity contribution in [3.05, 3.63) is 59.7 Å². The van der Waals surface area contributed by atoms with Gasteiger partial charge in [0.1, 0.15) is 6.61 Å². The highest BCUT2D eigenvalue weighted by Crippen LogP contribution is 2.30. The summed E-state index contributed by atoms with van der Waals surface area (Å²) in [6.45, 7) is 0.211. The van der Waals surface area contributed by atoms with E-state index in [1.165, 1.54) is 6.07 Å². The van der Waals surface area contributed by atoms with Crippen molar-refractivity contribution in [2.75, 3.05) is 7.04 Å². The third kappa shape index (κ3) is 2.69. The Hall–Kier alpha value is -2.29. The number of methoxy groups -OCH3 is 1. The first-order valence-electron chi connectivity index (χ1n) is 6.93. The van der Waals surface area contributed by atoms with Gasteiger partial charge in [0.15, 0.2) is 17.8 Å². The Kier molecular flexibility index (Phi) is 2.85. The lowest BCUT2D eigenvalue weighted by Crippen LogP contribution is -2.00. The molecule has 0 unspecified atom stereocenters. The fraction of sp³-hybridized carbons (Fsp3) is 0.133. The molecule has 0 aliphatic heterocycles. The van der Waals surface area contributed by atoms with Gasteiger partial charge in [0.2, 0.25) is 0 Å². The highest BCUT2D eigenvalue weighted by atomic mass is 16.5. The highest BCUT2D eigenvalue weighted by Gasteiger charge is 2.09. The van der Waals surface area contributed by atoms with Crippen LogP contribution in [0.4, 0.5) is 0 Å². The molecular formula is C15H14O3. The molecule has 0 fully saturated rings. The molecule has 3 heteroatoms. The molecule has 3 nitrogen and oxygen atoms in total. The van der Waals surface area contributed by atoms with E-state index >= 15 is 0 Å². The number of carbonyl (C=O) groups is 1. The van der Waals surface area contributed by atoms with Crippen LogP contribution in [-0.2, 0) is 6.61 Å². The molecule has 2 aromatic carbocycles. The second-order valence-corrected chi connectivity index (χ2v) is 3.67. The quantitative estimate of drug-likeness (QED) is 0.759. The van der Waals surface area contributed by atoms with Crippen molar-refractivity contribution in [3.8, 4) is 11.5 Å². The number of benzene rings is 2. The van der Waals surface area contributed by atoms with Gasteiger partial charge in [0.25, 0.3) is 0 Å². The predicted octanol–water partition coefficient (Wildman–Crippen LogP) is 3.09. The van der Waals surface area contributed by atoms with E-state index in [2.05, 4.69) is 0 Å². The number of aldehydes is 1. The monoisotopic (exact) mass is 245 g/mol. The Bertz CT molecular complexity index is 609. The van der Waals surface area contributed by atoms with Crippen LogP contribution in [0.1, 0.15) is 20.0 Å². The third-order valence-corrected chi connectivity index (χ3v) is 2.47. The fourth-order valence-corrected chi connectivity index (χ4v) is 1.59. The molecule has 0 aromatic heterocycles. The summed E-state index contributed by atoms with van der Waals surface area (Å²) in [4.78, 5) is 11.1. The Morgan fingerprint density at radius 2 is 2.00 bits per heavy atom. The largest absolute Gasteiger partial charge is 0.493 e. The van der Waals surface area contributed by atoms with Crippen LogP contribution < -0.4 is 9.47 Å². The van der Waals surface area contributed by atoms with Gasteiger partial charge in [-0.1, -0.05) is 36.4 Å². The van der Waals surface area contributed by atoms with Crippen LogP contribution in [0.25, 0.3) is 0 Å². The summed E-state index contributed by atoms with van der Waals surface area (Å²) in [5, 5.41) is 0. The molecule has 0 atom stereocenters. The predicted molar refractivity (Wildman–Crippen MR) is 69.2 cm³/mol. The minimum Gasteiger partial charge on any atom is -0.493 e. The molecule has 18 heavy (non-hydrogen) atoms. The van der Waals surface area contributed by atoms with Crippen molar-refractivity contribution >= 4 is 6.29 Å². The molecular weight excluding hydrogens is 228 g/mol. The Morgan fingerprint density at radius 1 is 1.17 bits per heavy atom. The third-order valence-electron chi connectivity index (χ3n) is 2.47. The fourth-order valence-electron chi connectivity index (χ4n) is 1.59. The first-order chi connectivity index (χ1) is 9.99. The van der Waals surface area contributed by atoms with Crippen molar-refractivity contribution in [3.63, 3.8) is 0 Å². The molecule has 0 N–H and O–H groups in total. The van der Waals surface area contributed by atoms with Crippen LogP contribution in [0.15, 0.2) is 48.5 Å². The summed E-state index contributed by atoms with van der Waals surface area (Å²) in [5.74, 6) is 0.156. The number of carbonyl (C=O) groups excluding carboxylic acids is 1. The molecule has 0 aliphatic rings. The second kappa shape index (κ2) is 5.87. The van der Waals surface area contributed by atoms with Crippen LogP contribution in [-0.4, -0.2) is 13.3 Å².